The zero-order valence-corrected chi connectivity index (χ0v) is 6.22. The Hall–Kier alpha value is -0.0800. The van der Waals surface area contributed by atoms with E-state index in [2.05, 4.69) is 19.2 Å². The van der Waals surface area contributed by atoms with Crippen LogP contribution in [0.4, 0.5) is 0 Å². The summed E-state index contributed by atoms with van der Waals surface area (Å²) in [6, 6.07) is 0.616. The van der Waals surface area contributed by atoms with Crippen molar-refractivity contribution in [3.05, 3.63) is 0 Å². The molecule has 0 aromatic rings. The first-order chi connectivity index (χ1) is 4.25. The zero-order chi connectivity index (χ0) is 6.85. The summed E-state index contributed by atoms with van der Waals surface area (Å²) in [6.07, 6.45) is 2.86. The van der Waals surface area contributed by atoms with E-state index in [4.69, 9.17) is 5.73 Å². The number of rotatable bonds is 3. The van der Waals surface area contributed by atoms with Crippen LogP contribution in [0.15, 0.2) is 0 Å². The van der Waals surface area contributed by atoms with Crippen molar-refractivity contribution < 1.29 is 0 Å². The Morgan fingerprint density at radius 3 is 2.56 bits per heavy atom. The van der Waals surface area contributed by atoms with Crippen LogP contribution in [-0.4, -0.2) is 12.2 Å². The van der Waals surface area contributed by atoms with Crippen molar-refractivity contribution in [3.63, 3.8) is 0 Å². The molecular weight excluding hydrogens is 112 g/mol. The molecule has 1 heterocycles. The van der Waals surface area contributed by atoms with Crippen molar-refractivity contribution in [2.45, 2.75) is 38.9 Å². The molecule has 3 N–H and O–H groups in total. The molecule has 1 fully saturated rings. The van der Waals surface area contributed by atoms with Gasteiger partial charge in [0.2, 0.25) is 0 Å². The SMILES string of the molecule is CCCC(C)C1N[C@@H]1N. The van der Waals surface area contributed by atoms with Gasteiger partial charge in [-0.1, -0.05) is 20.3 Å². The van der Waals surface area contributed by atoms with Gasteiger partial charge in [0.25, 0.3) is 0 Å². The Kier molecular flexibility index (Phi) is 2.09. The average Bonchev–Trinajstić information content (AvgIpc) is 2.47. The fourth-order valence-corrected chi connectivity index (χ4v) is 1.32. The predicted molar refractivity (Wildman–Crippen MR) is 39.0 cm³/mol. The molecule has 0 radical (unpaired) electrons. The summed E-state index contributed by atoms with van der Waals surface area (Å²) in [4.78, 5) is 0. The molecule has 0 aromatic carbocycles. The zero-order valence-electron chi connectivity index (χ0n) is 6.22. The van der Waals surface area contributed by atoms with Gasteiger partial charge in [0, 0.05) is 6.04 Å². The van der Waals surface area contributed by atoms with Gasteiger partial charge in [-0.25, -0.2) is 0 Å². The average molecular weight is 128 g/mol. The lowest BCUT2D eigenvalue weighted by Crippen LogP contribution is -2.12. The van der Waals surface area contributed by atoms with Crippen LogP contribution in [-0.2, 0) is 0 Å². The van der Waals surface area contributed by atoms with Gasteiger partial charge < -0.3 is 5.73 Å². The van der Waals surface area contributed by atoms with Crippen LogP contribution in [0.1, 0.15) is 26.7 Å². The maximum atomic E-state index is 5.59. The third-order valence-electron chi connectivity index (χ3n) is 2.02. The molecule has 0 spiro atoms. The number of hydrogen-bond acceptors (Lipinski definition) is 2. The molecular formula is C7H16N2. The topological polar surface area (TPSA) is 48.0 Å². The Balaban J connectivity index is 2.11. The summed E-state index contributed by atoms with van der Waals surface area (Å²) in [7, 11) is 0. The molecule has 54 valence electrons. The van der Waals surface area contributed by atoms with Crippen molar-refractivity contribution in [2.24, 2.45) is 11.7 Å². The second kappa shape index (κ2) is 2.67. The molecule has 1 saturated heterocycles. The van der Waals surface area contributed by atoms with Crippen LogP contribution in [0.25, 0.3) is 0 Å². The van der Waals surface area contributed by atoms with Gasteiger partial charge in [-0.3, -0.25) is 5.32 Å². The lowest BCUT2D eigenvalue weighted by molar-refractivity contribution is 0.505. The van der Waals surface area contributed by atoms with E-state index in [1.807, 2.05) is 0 Å². The Labute approximate surface area is 56.8 Å². The first-order valence-electron chi connectivity index (χ1n) is 3.77. The highest BCUT2D eigenvalue weighted by molar-refractivity contribution is 4.96. The molecule has 1 aliphatic rings. The lowest BCUT2D eigenvalue weighted by atomic mass is 10.0. The smallest absolute Gasteiger partial charge is 0.0711 e. The van der Waals surface area contributed by atoms with Gasteiger partial charge in [0.1, 0.15) is 0 Å². The third kappa shape index (κ3) is 1.66. The molecule has 2 heteroatoms. The van der Waals surface area contributed by atoms with Gasteiger partial charge in [0.05, 0.1) is 6.17 Å². The molecule has 2 nitrogen and oxygen atoms in total. The minimum absolute atomic E-state index is 0.298. The Morgan fingerprint density at radius 1 is 1.67 bits per heavy atom. The lowest BCUT2D eigenvalue weighted by Gasteiger charge is -2.04. The summed E-state index contributed by atoms with van der Waals surface area (Å²) in [5.74, 6) is 0.769. The summed E-state index contributed by atoms with van der Waals surface area (Å²) >= 11 is 0. The van der Waals surface area contributed by atoms with Crippen LogP contribution in [0.3, 0.4) is 0 Å². The van der Waals surface area contributed by atoms with Crippen molar-refractivity contribution >= 4 is 0 Å². The van der Waals surface area contributed by atoms with E-state index in [1.165, 1.54) is 12.8 Å². The first kappa shape index (κ1) is 7.03. The highest BCUT2D eigenvalue weighted by atomic mass is 15.2. The van der Waals surface area contributed by atoms with E-state index >= 15 is 0 Å². The number of nitrogens with two attached hydrogens (primary N) is 1. The maximum Gasteiger partial charge on any atom is 0.0711 e. The molecule has 1 aliphatic heterocycles. The van der Waals surface area contributed by atoms with E-state index in [0.29, 0.717) is 12.2 Å². The van der Waals surface area contributed by atoms with Crippen LogP contribution >= 0.6 is 0 Å². The minimum atomic E-state index is 0.298. The van der Waals surface area contributed by atoms with Gasteiger partial charge in [-0.15, -0.1) is 0 Å². The summed E-state index contributed by atoms with van der Waals surface area (Å²) < 4.78 is 0. The third-order valence-corrected chi connectivity index (χ3v) is 2.02. The monoisotopic (exact) mass is 128 g/mol. The second-order valence-electron chi connectivity index (χ2n) is 2.98. The first-order valence-corrected chi connectivity index (χ1v) is 3.77. The fourth-order valence-electron chi connectivity index (χ4n) is 1.32. The standard InChI is InChI=1S/C7H16N2/c1-3-4-5(2)6-7(8)9-6/h5-7,9H,3-4,8H2,1-2H3/t5?,6?,7-/m0/s1. The molecule has 1 rings (SSSR count). The minimum Gasteiger partial charge on any atom is -0.315 e. The van der Waals surface area contributed by atoms with E-state index in [9.17, 15) is 0 Å². The van der Waals surface area contributed by atoms with Crippen LogP contribution < -0.4 is 11.1 Å². The summed E-state index contributed by atoms with van der Waals surface area (Å²) in [6.45, 7) is 4.47. The van der Waals surface area contributed by atoms with Crippen molar-refractivity contribution in [1.29, 1.82) is 0 Å². The van der Waals surface area contributed by atoms with Crippen LogP contribution in [0.2, 0.25) is 0 Å². The van der Waals surface area contributed by atoms with Gasteiger partial charge in [-0.05, 0) is 12.3 Å². The number of hydrogen-bond donors (Lipinski definition) is 2. The molecule has 9 heavy (non-hydrogen) atoms. The summed E-state index contributed by atoms with van der Waals surface area (Å²) in [5, 5.41) is 3.19. The maximum absolute atomic E-state index is 5.59. The molecule has 0 amide bonds. The van der Waals surface area contributed by atoms with Crippen molar-refractivity contribution in [2.75, 3.05) is 0 Å². The summed E-state index contributed by atoms with van der Waals surface area (Å²) in [5.41, 5.74) is 5.59. The molecule has 0 bridgehead atoms. The van der Waals surface area contributed by atoms with Crippen molar-refractivity contribution in [1.82, 2.24) is 5.32 Å². The van der Waals surface area contributed by atoms with E-state index in [1.54, 1.807) is 0 Å². The largest absolute Gasteiger partial charge is 0.315 e. The quantitative estimate of drug-likeness (QED) is 0.549. The van der Waals surface area contributed by atoms with Crippen molar-refractivity contribution in [3.8, 4) is 0 Å². The molecule has 0 saturated carbocycles. The van der Waals surface area contributed by atoms with Gasteiger partial charge in [-0.2, -0.15) is 0 Å². The molecule has 2 unspecified atom stereocenters. The Morgan fingerprint density at radius 2 is 2.22 bits per heavy atom. The van der Waals surface area contributed by atoms with E-state index in [0.717, 1.165) is 5.92 Å². The van der Waals surface area contributed by atoms with E-state index in [-0.39, 0.29) is 0 Å². The second-order valence-corrected chi connectivity index (χ2v) is 2.98. The Bertz CT molecular complexity index is 92.9. The predicted octanol–water partition coefficient (Wildman–Crippen LogP) is 0.679. The van der Waals surface area contributed by atoms with Crippen LogP contribution in [0.5, 0.6) is 0 Å². The fraction of sp³-hybridized carbons (Fsp3) is 1.00. The highest BCUT2D eigenvalue weighted by Crippen LogP contribution is 2.19. The van der Waals surface area contributed by atoms with Gasteiger partial charge >= 0.3 is 0 Å². The van der Waals surface area contributed by atoms with E-state index < -0.39 is 0 Å². The van der Waals surface area contributed by atoms with Crippen LogP contribution in [0, 0.1) is 5.92 Å². The number of nitrogens with one attached hydrogen (secondary N) is 1. The highest BCUT2D eigenvalue weighted by Gasteiger charge is 2.36. The molecule has 0 aromatic heterocycles. The molecule has 0 aliphatic carbocycles. The van der Waals surface area contributed by atoms with Gasteiger partial charge in [0.15, 0.2) is 0 Å². The normalized spacial score (nSPS) is 36.3. The molecule has 3 atom stereocenters.